The van der Waals surface area contributed by atoms with E-state index in [0.29, 0.717) is 5.41 Å². The zero-order chi connectivity index (χ0) is 8.44. The van der Waals surface area contributed by atoms with E-state index < -0.39 is 0 Å². The third-order valence-electron chi connectivity index (χ3n) is 2.91. The summed E-state index contributed by atoms with van der Waals surface area (Å²) in [4.78, 5) is 0. The number of hydrogen-bond acceptors (Lipinski definition) is 0. The van der Waals surface area contributed by atoms with E-state index in [1.54, 1.807) is 0 Å². The van der Waals surface area contributed by atoms with Crippen LogP contribution in [0.25, 0.3) is 0 Å². The van der Waals surface area contributed by atoms with Gasteiger partial charge in [0.2, 0.25) is 0 Å². The molecule has 1 saturated carbocycles. The molecule has 1 aliphatic rings. The molecule has 1 fully saturated rings. The summed E-state index contributed by atoms with van der Waals surface area (Å²) < 4.78 is 0. The highest BCUT2D eigenvalue weighted by Gasteiger charge is 2.42. The topological polar surface area (TPSA) is 0 Å². The second-order valence-electron chi connectivity index (χ2n) is 3.82. The quantitative estimate of drug-likeness (QED) is 0.634. The molecule has 63 valence electrons. The van der Waals surface area contributed by atoms with Crippen molar-refractivity contribution in [2.45, 2.75) is 38.0 Å². The summed E-state index contributed by atoms with van der Waals surface area (Å²) in [6.07, 6.45) is 5.45. The summed E-state index contributed by atoms with van der Waals surface area (Å²) in [5.74, 6) is 0. The van der Waals surface area contributed by atoms with Crippen LogP contribution in [0.1, 0.15) is 38.2 Å². The van der Waals surface area contributed by atoms with E-state index >= 15 is 0 Å². The van der Waals surface area contributed by atoms with Crippen LogP contribution in [0.3, 0.4) is 0 Å². The van der Waals surface area contributed by atoms with Gasteiger partial charge < -0.3 is 0 Å². The molecular weight excluding hydrogens is 144 g/mol. The molecule has 1 aromatic carbocycles. The smallest absolute Gasteiger partial charge is 0.00464 e. The summed E-state index contributed by atoms with van der Waals surface area (Å²) in [6.45, 7) is 2.27. The SMILES string of the molecule is CCCC1(c2cc[c]cc2)CC1. The van der Waals surface area contributed by atoms with Gasteiger partial charge in [-0.15, -0.1) is 0 Å². The monoisotopic (exact) mass is 159 g/mol. The van der Waals surface area contributed by atoms with Crippen molar-refractivity contribution in [1.29, 1.82) is 0 Å². The normalized spacial score (nSPS) is 19.1. The molecule has 0 aliphatic heterocycles. The van der Waals surface area contributed by atoms with Crippen molar-refractivity contribution in [3.05, 3.63) is 35.9 Å². The molecule has 0 nitrogen and oxygen atoms in total. The Morgan fingerprint density at radius 2 is 2.00 bits per heavy atom. The van der Waals surface area contributed by atoms with Crippen LogP contribution < -0.4 is 0 Å². The maximum atomic E-state index is 3.07. The first-order valence-electron chi connectivity index (χ1n) is 4.84. The number of rotatable bonds is 3. The van der Waals surface area contributed by atoms with E-state index in [-0.39, 0.29) is 0 Å². The predicted molar refractivity (Wildman–Crippen MR) is 51.1 cm³/mol. The molecule has 0 aromatic heterocycles. The van der Waals surface area contributed by atoms with E-state index in [9.17, 15) is 0 Å². The van der Waals surface area contributed by atoms with Crippen molar-refractivity contribution < 1.29 is 0 Å². The Hall–Kier alpha value is -0.780. The van der Waals surface area contributed by atoms with Gasteiger partial charge in [0.1, 0.15) is 0 Å². The summed E-state index contributed by atoms with van der Waals surface area (Å²) >= 11 is 0. The average Bonchev–Trinajstić information content (AvgIpc) is 2.88. The number of hydrogen-bond donors (Lipinski definition) is 0. The molecule has 1 aromatic rings. The maximum absolute atomic E-state index is 3.07. The van der Waals surface area contributed by atoms with Gasteiger partial charge >= 0.3 is 0 Å². The molecule has 1 radical (unpaired) electrons. The van der Waals surface area contributed by atoms with Crippen molar-refractivity contribution in [3.8, 4) is 0 Å². The van der Waals surface area contributed by atoms with Crippen molar-refractivity contribution in [1.82, 2.24) is 0 Å². The Morgan fingerprint density at radius 3 is 2.50 bits per heavy atom. The van der Waals surface area contributed by atoms with E-state index in [2.05, 4.69) is 25.1 Å². The standard InChI is InChI=1S/C12H15/c1-2-8-12(9-10-12)11-6-4-3-5-7-11/h4-7H,2,8-10H2,1H3. The van der Waals surface area contributed by atoms with Gasteiger partial charge in [-0.1, -0.05) is 37.6 Å². The van der Waals surface area contributed by atoms with Crippen LogP contribution >= 0.6 is 0 Å². The first-order chi connectivity index (χ1) is 5.87. The first kappa shape index (κ1) is 7.85. The first-order valence-corrected chi connectivity index (χ1v) is 4.84. The Balaban J connectivity index is 2.19. The minimum Gasteiger partial charge on any atom is -0.0654 e. The second-order valence-corrected chi connectivity index (χ2v) is 3.82. The third-order valence-corrected chi connectivity index (χ3v) is 2.91. The molecule has 2 rings (SSSR count). The van der Waals surface area contributed by atoms with Crippen LogP contribution in [0.4, 0.5) is 0 Å². The third kappa shape index (κ3) is 1.26. The highest BCUT2D eigenvalue weighted by molar-refractivity contribution is 5.30. The summed E-state index contributed by atoms with van der Waals surface area (Å²) in [6, 6.07) is 11.6. The fourth-order valence-electron chi connectivity index (χ4n) is 2.05. The lowest BCUT2D eigenvalue weighted by atomic mass is 9.91. The molecule has 0 heteroatoms. The van der Waals surface area contributed by atoms with Gasteiger partial charge in [-0.2, -0.15) is 0 Å². The molecule has 0 bridgehead atoms. The van der Waals surface area contributed by atoms with Crippen LogP contribution in [0.5, 0.6) is 0 Å². The van der Waals surface area contributed by atoms with Crippen LogP contribution in [-0.2, 0) is 5.41 Å². The zero-order valence-electron chi connectivity index (χ0n) is 7.64. The molecule has 0 atom stereocenters. The van der Waals surface area contributed by atoms with E-state index in [0.717, 1.165) is 0 Å². The van der Waals surface area contributed by atoms with E-state index in [4.69, 9.17) is 0 Å². The van der Waals surface area contributed by atoms with Gasteiger partial charge in [-0.3, -0.25) is 0 Å². The average molecular weight is 159 g/mol. The Bertz CT molecular complexity index is 244. The van der Waals surface area contributed by atoms with Gasteiger partial charge in [0.05, 0.1) is 0 Å². The number of benzene rings is 1. The molecule has 12 heavy (non-hydrogen) atoms. The summed E-state index contributed by atoms with van der Waals surface area (Å²) in [7, 11) is 0. The van der Waals surface area contributed by atoms with Gasteiger partial charge in [-0.05, 0) is 36.3 Å². The zero-order valence-corrected chi connectivity index (χ0v) is 7.64. The summed E-state index contributed by atoms with van der Waals surface area (Å²) in [5, 5.41) is 0. The van der Waals surface area contributed by atoms with Crippen LogP contribution in [0.15, 0.2) is 24.3 Å². The molecule has 0 spiro atoms. The Labute approximate surface area is 74.6 Å². The van der Waals surface area contributed by atoms with E-state index in [1.807, 2.05) is 12.1 Å². The molecule has 0 saturated heterocycles. The molecular formula is C12H15. The minimum absolute atomic E-state index is 0.573. The van der Waals surface area contributed by atoms with Crippen molar-refractivity contribution >= 4 is 0 Å². The predicted octanol–water partition coefficient (Wildman–Crippen LogP) is 3.32. The Morgan fingerprint density at radius 1 is 1.33 bits per heavy atom. The van der Waals surface area contributed by atoms with Crippen molar-refractivity contribution in [2.24, 2.45) is 0 Å². The van der Waals surface area contributed by atoms with Gasteiger partial charge in [0.25, 0.3) is 0 Å². The van der Waals surface area contributed by atoms with Crippen LogP contribution in [0, 0.1) is 6.07 Å². The highest BCUT2D eigenvalue weighted by Crippen LogP contribution is 2.51. The fraction of sp³-hybridized carbons (Fsp3) is 0.500. The molecule has 1 aliphatic carbocycles. The second kappa shape index (κ2) is 2.93. The van der Waals surface area contributed by atoms with Crippen LogP contribution in [-0.4, -0.2) is 0 Å². The van der Waals surface area contributed by atoms with Gasteiger partial charge in [-0.25, -0.2) is 0 Å². The van der Waals surface area contributed by atoms with Crippen molar-refractivity contribution in [2.75, 3.05) is 0 Å². The molecule has 0 N–H and O–H groups in total. The fourth-order valence-corrected chi connectivity index (χ4v) is 2.05. The van der Waals surface area contributed by atoms with Gasteiger partial charge in [0.15, 0.2) is 0 Å². The highest BCUT2D eigenvalue weighted by atomic mass is 14.5. The molecule has 0 heterocycles. The summed E-state index contributed by atoms with van der Waals surface area (Å²) in [5.41, 5.74) is 2.10. The lowest BCUT2D eigenvalue weighted by molar-refractivity contribution is 0.607. The van der Waals surface area contributed by atoms with Gasteiger partial charge in [0, 0.05) is 0 Å². The largest absolute Gasteiger partial charge is 0.0654 e. The van der Waals surface area contributed by atoms with Crippen molar-refractivity contribution in [3.63, 3.8) is 0 Å². The lowest BCUT2D eigenvalue weighted by Crippen LogP contribution is -2.04. The molecule has 0 amide bonds. The Kier molecular flexibility index (Phi) is 1.92. The maximum Gasteiger partial charge on any atom is -0.00464 e. The lowest BCUT2D eigenvalue weighted by Gasteiger charge is -2.13. The van der Waals surface area contributed by atoms with E-state index in [1.165, 1.54) is 31.2 Å². The molecule has 0 unspecified atom stereocenters. The van der Waals surface area contributed by atoms with Crippen LogP contribution in [0.2, 0.25) is 0 Å². The minimum atomic E-state index is 0.573.